The molecule has 0 aliphatic heterocycles. The van der Waals surface area contributed by atoms with Crippen molar-refractivity contribution in [1.82, 2.24) is 4.98 Å². The lowest BCUT2D eigenvalue weighted by Gasteiger charge is -2.11. The normalized spacial score (nSPS) is 10.5. The Kier molecular flexibility index (Phi) is 3.78. The number of hydrogen-bond acceptors (Lipinski definition) is 2. The number of rotatable bonds is 3. The minimum absolute atomic E-state index is 0.297. The molecule has 1 aromatic heterocycles. The number of nitrogens with zero attached hydrogens (tertiary/aromatic N) is 1. The number of para-hydroxylation sites is 1. The lowest BCUT2D eigenvalue weighted by molar-refractivity contribution is 0.388. The molecule has 5 heteroatoms. The molecule has 0 radical (unpaired) electrons. The zero-order valence-electron chi connectivity index (χ0n) is 11.3. The summed E-state index contributed by atoms with van der Waals surface area (Å²) in [4.78, 5) is 3.16. The molecule has 0 fully saturated rings. The number of aromatic nitrogens is 1. The van der Waals surface area contributed by atoms with E-state index in [0.29, 0.717) is 17.4 Å². The van der Waals surface area contributed by atoms with Crippen LogP contribution in [0.4, 0.5) is 13.2 Å². The number of halogens is 3. The summed E-state index contributed by atoms with van der Waals surface area (Å²) < 4.78 is 45.1. The van der Waals surface area contributed by atoms with E-state index in [0.717, 1.165) is 5.56 Å². The molecule has 0 spiro atoms. The van der Waals surface area contributed by atoms with Crippen molar-refractivity contribution in [1.29, 1.82) is 0 Å². The third-order valence-corrected chi connectivity index (χ3v) is 3.03. The fraction of sp³-hybridized carbons (Fsp3) is 0. The van der Waals surface area contributed by atoms with Gasteiger partial charge in [0, 0.05) is 11.6 Å². The first-order chi connectivity index (χ1) is 10.6. The molecule has 0 aliphatic rings. The summed E-state index contributed by atoms with van der Waals surface area (Å²) in [6, 6.07) is 16.6. The second-order valence-corrected chi connectivity index (χ2v) is 4.51. The number of pyridine rings is 1. The summed E-state index contributed by atoms with van der Waals surface area (Å²) in [5.41, 5.74) is 1.54. The molecule has 0 saturated carbocycles. The Balaban J connectivity index is 2.02. The molecule has 0 amide bonds. The summed E-state index contributed by atoms with van der Waals surface area (Å²) in [5, 5.41) is 0. The highest BCUT2D eigenvalue weighted by molar-refractivity contribution is 5.70. The van der Waals surface area contributed by atoms with Crippen LogP contribution < -0.4 is 4.74 Å². The van der Waals surface area contributed by atoms with Crippen molar-refractivity contribution < 1.29 is 17.9 Å². The number of benzene rings is 2. The Morgan fingerprint density at radius 3 is 2.23 bits per heavy atom. The van der Waals surface area contributed by atoms with Gasteiger partial charge in [-0.2, -0.15) is 9.37 Å². The van der Waals surface area contributed by atoms with Crippen molar-refractivity contribution in [3.63, 3.8) is 0 Å². The van der Waals surface area contributed by atoms with Gasteiger partial charge in [-0.05, 0) is 11.6 Å². The smallest absolute Gasteiger partial charge is 0.258 e. The van der Waals surface area contributed by atoms with Gasteiger partial charge in [-0.25, -0.2) is 8.78 Å². The SMILES string of the molecule is Fc1cc(F)c(Oc2ccccc2-c2ccccc2)nc1F. The summed E-state index contributed by atoms with van der Waals surface area (Å²) in [6.45, 7) is 0. The van der Waals surface area contributed by atoms with Gasteiger partial charge in [0.05, 0.1) is 0 Å². The van der Waals surface area contributed by atoms with E-state index in [1.165, 1.54) is 0 Å². The van der Waals surface area contributed by atoms with E-state index in [2.05, 4.69) is 4.98 Å². The van der Waals surface area contributed by atoms with E-state index in [1.807, 2.05) is 30.3 Å². The molecule has 0 saturated heterocycles. The third kappa shape index (κ3) is 2.79. The van der Waals surface area contributed by atoms with E-state index < -0.39 is 23.5 Å². The van der Waals surface area contributed by atoms with Crippen LogP contribution in [0.15, 0.2) is 60.7 Å². The first kappa shape index (κ1) is 14.1. The van der Waals surface area contributed by atoms with Crippen LogP contribution in [0.25, 0.3) is 11.1 Å². The van der Waals surface area contributed by atoms with Crippen molar-refractivity contribution in [3.05, 3.63) is 78.2 Å². The maximum Gasteiger partial charge on any atom is 0.258 e. The molecule has 0 bridgehead atoms. The average Bonchev–Trinajstić information content (AvgIpc) is 2.54. The molecule has 22 heavy (non-hydrogen) atoms. The van der Waals surface area contributed by atoms with Crippen molar-refractivity contribution in [2.75, 3.05) is 0 Å². The highest BCUT2D eigenvalue weighted by atomic mass is 19.2. The maximum absolute atomic E-state index is 13.7. The molecular weight excluding hydrogens is 291 g/mol. The van der Waals surface area contributed by atoms with Gasteiger partial charge in [0.1, 0.15) is 5.75 Å². The summed E-state index contributed by atoms with van der Waals surface area (Å²) >= 11 is 0. The largest absolute Gasteiger partial charge is 0.436 e. The van der Waals surface area contributed by atoms with Crippen LogP contribution in [0.2, 0.25) is 0 Å². The highest BCUT2D eigenvalue weighted by Gasteiger charge is 2.15. The second kappa shape index (κ2) is 5.89. The van der Waals surface area contributed by atoms with Crippen molar-refractivity contribution in [2.24, 2.45) is 0 Å². The number of ether oxygens (including phenoxy) is 1. The Morgan fingerprint density at radius 2 is 1.45 bits per heavy atom. The zero-order chi connectivity index (χ0) is 15.5. The fourth-order valence-electron chi connectivity index (χ4n) is 2.02. The van der Waals surface area contributed by atoms with Crippen molar-refractivity contribution >= 4 is 0 Å². The predicted molar refractivity (Wildman–Crippen MR) is 76.1 cm³/mol. The molecule has 3 rings (SSSR count). The standard InChI is InChI=1S/C17H10F3NO/c18-13-10-14(19)17(21-16(13)20)22-15-9-5-4-8-12(15)11-6-2-1-3-7-11/h1-10H. The first-order valence-electron chi connectivity index (χ1n) is 6.49. The van der Waals surface area contributed by atoms with Crippen LogP contribution in [0.1, 0.15) is 0 Å². The molecule has 110 valence electrons. The quantitative estimate of drug-likeness (QED) is 0.638. The van der Waals surface area contributed by atoms with Crippen LogP contribution in [0.5, 0.6) is 11.6 Å². The van der Waals surface area contributed by atoms with Gasteiger partial charge in [0.15, 0.2) is 11.6 Å². The first-order valence-corrected chi connectivity index (χ1v) is 6.49. The van der Waals surface area contributed by atoms with Gasteiger partial charge in [-0.3, -0.25) is 0 Å². The lowest BCUT2D eigenvalue weighted by Crippen LogP contribution is -1.98. The summed E-state index contributed by atoms with van der Waals surface area (Å²) in [6.07, 6.45) is 0. The molecule has 0 N–H and O–H groups in total. The van der Waals surface area contributed by atoms with Crippen LogP contribution in [0, 0.1) is 17.6 Å². The van der Waals surface area contributed by atoms with Crippen LogP contribution in [-0.2, 0) is 0 Å². The fourth-order valence-corrected chi connectivity index (χ4v) is 2.02. The van der Waals surface area contributed by atoms with Gasteiger partial charge < -0.3 is 4.74 Å². The Hall–Kier alpha value is -2.82. The number of hydrogen-bond donors (Lipinski definition) is 0. The minimum atomic E-state index is -1.41. The minimum Gasteiger partial charge on any atom is -0.436 e. The van der Waals surface area contributed by atoms with Crippen LogP contribution in [-0.4, -0.2) is 4.98 Å². The van der Waals surface area contributed by atoms with Crippen molar-refractivity contribution in [2.45, 2.75) is 0 Å². The van der Waals surface area contributed by atoms with Crippen LogP contribution in [0.3, 0.4) is 0 Å². The maximum atomic E-state index is 13.7. The molecule has 2 aromatic carbocycles. The third-order valence-electron chi connectivity index (χ3n) is 3.03. The molecule has 1 heterocycles. The molecule has 2 nitrogen and oxygen atoms in total. The molecular formula is C17H10F3NO. The van der Waals surface area contributed by atoms with Gasteiger partial charge in [0.25, 0.3) is 11.8 Å². The average molecular weight is 301 g/mol. The molecule has 0 unspecified atom stereocenters. The van der Waals surface area contributed by atoms with E-state index >= 15 is 0 Å². The van der Waals surface area contributed by atoms with Gasteiger partial charge in [-0.1, -0.05) is 48.5 Å². The Morgan fingerprint density at radius 1 is 0.773 bits per heavy atom. The Bertz CT molecular complexity index is 806. The van der Waals surface area contributed by atoms with E-state index in [-0.39, 0.29) is 0 Å². The van der Waals surface area contributed by atoms with E-state index in [9.17, 15) is 13.2 Å². The van der Waals surface area contributed by atoms with E-state index in [4.69, 9.17) is 4.74 Å². The Labute approximate surface area is 124 Å². The van der Waals surface area contributed by atoms with E-state index in [1.54, 1.807) is 24.3 Å². The topological polar surface area (TPSA) is 22.1 Å². The lowest BCUT2D eigenvalue weighted by atomic mass is 10.1. The molecule has 0 atom stereocenters. The molecule has 3 aromatic rings. The zero-order valence-corrected chi connectivity index (χ0v) is 11.3. The van der Waals surface area contributed by atoms with Crippen molar-refractivity contribution in [3.8, 4) is 22.8 Å². The monoisotopic (exact) mass is 301 g/mol. The van der Waals surface area contributed by atoms with Gasteiger partial charge >= 0.3 is 0 Å². The second-order valence-electron chi connectivity index (χ2n) is 4.51. The van der Waals surface area contributed by atoms with Gasteiger partial charge in [-0.15, -0.1) is 0 Å². The summed E-state index contributed by atoms with van der Waals surface area (Å²) in [7, 11) is 0. The highest BCUT2D eigenvalue weighted by Crippen LogP contribution is 2.33. The van der Waals surface area contributed by atoms with Gasteiger partial charge in [0.2, 0.25) is 0 Å². The predicted octanol–water partition coefficient (Wildman–Crippen LogP) is 4.96. The van der Waals surface area contributed by atoms with Crippen LogP contribution >= 0.6 is 0 Å². The summed E-state index contributed by atoms with van der Waals surface area (Å²) in [5.74, 6) is -4.15. The molecule has 0 aliphatic carbocycles.